The van der Waals surface area contributed by atoms with Crippen LogP contribution < -0.4 is 0 Å². The zero-order chi connectivity index (χ0) is 25.8. The fraction of sp³-hybridized carbons (Fsp3) is 0.848. The normalized spacial score (nSPS) is 44.3. The van der Waals surface area contributed by atoms with Crippen LogP contribution in [0.15, 0.2) is 23.8 Å². The minimum absolute atomic E-state index is 0.104. The summed E-state index contributed by atoms with van der Waals surface area (Å²) in [7, 11) is 0. The smallest absolute Gasteiger partial charge is 0.302 e. The van der Waals surface area contributed by atoms with Crippen LogP contribution in [-0.2, 0) is 9.53 Å². The summed E-state index contributed by atoms with van der Waals surface area (Å²) < 4.78 is 5.78. The summed E-state index contributed by atoms with van der Waals surface area (Å²) in [6.45, 7) is 23.2. The molecule has 2 heteroatoms. The lowest BCUT2D eigenvalue weighted by Crippen LogP contribution is -2.55. The Kier molecular flexibility index (Phi) is 7.47. The fourth-order valence-electron chi connectivity index (χ4n) is 10.1. The van der Waals surface area contributed by atoms with Crippen molar-refractivity contribution in [2.24, 2.45) is 51.8 Å². The van der Waals surface area contributed by atoms with Gasteiger partial charge in [-0.2, -0.15) is 0 Å². The lowest BCUT2D eigenvalue weighted by molar-refractivity contribution is -0.159. The van der Waals surface area contributed by atoms with E-state index in [1.807, 2.05) is 5.57 Å². The summed E-state index contributed by atoms with van der Waals surface area (Å²) in [5.41, 5.74) is 4.31. The molecular weight excluding hydrogens is 428 g/mol. The monoisotopic (exact) mass is 482 g/mol. The molecule has 0 spiro atoms. The Morgan fingerprint density at radius 3 is 2.46 bits per heavy atom. The van der Waals surface area contributed by atoms with Gasteiger partial charge in [0.25, 0.3) is 0 Å². The first kappa shape index (κ1) is 27.0. The van der Waals surface area contributed by atoms with Gasteiger partial charge in [-0.25, -0.2) is 0 Å². The minimum Gasteiger partial charge on any atom is -0.462 e. The quantitative estimate of drug-likeness (QED) is 0.267. The van der Waals surface area contributed by atoms with Gasteiger partial charge in [0.1, 0.15) is 6.10 Å². The Bertz CT molecular complexity index is 855. The summed E-state index contributed by atoms with van der Waals surface area (Å²) in [5.74, 6) is 4.00. The van der Waals surface area contributed by atoms with E-state index in [0.29, 0.717) is 39.9 Å². The molecule has 4 aliphatic carbocycles. The van der Waals surface area contributed by atoms with E-state index in [1.54, 1.807) is 6.92 Å². The van der Waals surface area contributed by atoms with Crippen LogP contribution in [0, 0.1) is 51.8 Å². The van der Waals surface area contributed by atoms with Crippen molar-refractivity contribution in [1.29, 1.82) is 0 Å². The van der Waals surface area contributed by atoms with Gasteiger partial charge in [-0.3, -0.25) is 4.79 Å². The second-order valence-electron chi connectivity index (χ2n) is 14.0. The van der Waals surface area contributed by atoms with Crippen molar-refractivity contribution in [3.63, 3.8) is 0 Å². The summed E-state index contributed by atoms with van der Waals surface area (Å²) >= 11 is 0. The molecule has 2 nitrogen and oxygen atoms in total. The van der Waals surface area contributed by atoms with Crippen LogP contribution in [0.25, 0.3) is 0 Å². The van der Waals surface area contributed by atoms with Gasteiger partial charge in [-0.05, 0) is 123 Å². The van der Waals surface area contributed by atoms with Crippen LogP contribution >= 0.6 is 0 Å². The zero-order valence-corrected chi connectivity index (χ0v) is 24.2. The molecule has 0 N–H and O–H groups in total. The van der Waals surface area contributed by atoms with E-state index in [-0.39, 0.29) is 12.1 Å². The number of carbonyl (C=O) groups excluding carboxylic acids is 1. The third kappa shape index (κ3) is 4.27. The first-order valence-electron chi connectivity index (χ1n) is 14.9. The molecule has 0 saturated heterocycles. The van der Waals surface area contributed by atoms with Crippen LogP contribution in [0.1, 0.15) is 120 Å². The van der Waals surface area contributed by atoms with Crippen molar-refractivity contribution in [3.05, 3.63) is 23.8 Å². The molecule has 10 unspecified atom stereocenters. The second kappa shape index (κ2) is 9.68. The third-order valence-electron chi connectivity index (χ3n) is 12.6. The highest BCUT2D eigenvalue weighted by Gasteiger charge is 2.64. The minimum atomic E-state index is -0.113. The van der Waals surface area contributed by atoms with Gasteiger partial charge in [0, 0.05) is 6.92 Å². The first-order chi connectivity index (χ1) is 16.4. The van der Waals surface area contributed by atoms with E-state index in [1.165, 1.54) is 63.4 Å². The highest BCUT2D eigenvalue weighted by molar-refractivity contribution is 5.66. The number of hydrogen-bond donors (Lipinski definition) is 0. The van der Waals surface area contributed by atoms with E-state index >= 15 is 0 Å². The Morgan fingerprint density at radius 1 is 1.11 bits per heavy atom. The molecule has 3 fully saturated rings. The standard InChI is InChI=1S/C33H54O2/c1-10-25(21(2)3)12-11-22(4)26-15-19-33(9)29-14-13-27-23(5)30(35-24(6)34)17-18-31(27,7)28(29)16-20-32(26,33)8/h14,22-23,25-28,30H,2,10-13,15-20H2,1,3-9H3. The van der Waals surface area contributed by atoms with Crippen LogP contribution in [0.5, 0.6) is 0 Å². The fourth-order valence-corrected chi connectivity index (χ4v) is 10.1. The summed E-state index contributed by atoms with van der Waals surface area (Å²) in [6, 6.07) is 0. The van der Waals surface area contributed by atoms with Crippen molar-refractivity contribution >= 4 is 5.97 Å². The van der Waals surface area contributed by atoms with Crippen molar-refractivity contribution in [2.45, 2.75) is 126 Å². The average Bonchev–Trinajstić information content (AvgIpc) is 3.07. The molecule has 0 aliphatic heterocycles. The van der Waals surface area contributed by atoms with E-state index < -0.39 is 0 Å². The molecule has 4 aliphatic rings. The number of allylic oxidation sites excluding steroid dienone is 3. The molecule has 10 atom stereocenters. The second-order valence-corrected chi connectivity index (χ2v) is 14.0. The van der Waals surface area contributed by atoms with Crippen molar-refractivity contribution < 1.29 is 9.53 Å². The first-order valence-corrected chi connectivity index (χ1v) is 14.9. The topological polar surface area (TPSA) is 26.3 Å². The van der Waals surface area contributed by atoms with E-state index in [4.69, 9.17) is 4.74 Å². The lowest BCUT2D eigenvalue weighted by Gasteiger charge is -2.62. The van der Waals surface area contributed by atoms with Gasteiger partial charge >= 0.3 is 5.97 Å². The number of esters is 1. The van der Waals surface area contributed by atoms with Crippen LogP contribution in [-0.4, -0.2) is 12.1 Å². The van der Waals surface area contributed by atoms with Gasteiger partial charge in [0.2, 0.25) is 0 Å². The molecule has 4 rings (SSSR count). The molecule has 3 saturated carbocycles. The Balaban J connectivity index is 1.55. The lowest BCUT2D eigenvalue weighted by atomic mass is 9.42. The molecule has 35 heavy (non-hydrogen) atoms. The molecule has 0 aromatic heterocycles. The van der Waals surface area contributed by atoms with Crippen LogP contribution in [0.2, 0.25) is 0 Å². The maximum Gasteiger partial charge on any atom is 0.302 e. The number of hydrogen-bond acceptors (Lipinski definition) is 2. The largest absolute Gasteiger partial charge is 0.462 e. The molecular formula is C33H54O2. The molecule has 0 aromatic carbocycles. The predicted octanol–water partition coefficient (Wildman–Crippen LogP) is 9.15. The number of ether oxygens (including phenoxy) is 1. The van der Waals surface area contributed by atoms with Gasteiger partial charge in [0.15, 0.2) is 0 Å². The van der Waals surface area contributed by atoms with Crippen molar-refractivity contribution in [1.82, 2.24) is 0 Å². The van der Waals surface area contributed by atoms with E-state index in [0.717, 1.165) is 18.3 Å². The molecule has 0 radical (unpaired) electrons. The van der Waals surface area contributed by atoms with E-state index in [2.05, 4.69) is 61.1 Å². The van der Waals surface area contributed by atoms with Gasteiger partial charge in [-0.15, -0.1) is 0 Å². The predicted molar refractivity (Wildman–Crippen MR) is 147 cm³/mol. The zero-order valence-electron chi connectivity index (χ0n) is 24.2. The summed E-state index contributed by atoms with van der Waals surface area (Å²) in [5, 5.41) is 0. The van der Waals surface area contributed by atoms with E-state index in [9.17, 15) is 4.79 Å². The number of carbonyl (C=O) groups is 1. The van der Waals surface area contributed by atoms with Crippen molar-refractivity contribution in [3.8, 4) is 0 Å². The maximum atomic E-state index is 11.7. The highest BCUT2D eigenvalue weighted by Crippen LogP contribution is 2.72. The highest BCUT2D eigenvalue weighted by atomic mass is 16.5. The summed E-state index contributed by atoms with van der Waals surface area (Å²) in [6.07, 6.45) is 15.6. The Morgan fingerprint density at radius 2 is 1.83 bits per heavy atom. The molecule has 0 bridgehead atoms. The SMILES string of the molecule is C=C(C)C(CC)CCC(C)C1CCC2(C)C3=CCC4C(C)C(OC(C)=O)CCC4(C)C3CCC12C. The maximum absolute atomic E-state index is 11.7. The van der Waals surface area contributed by atoms with Crippen LogP contribution in [0.3, 0.4) is 0 Å². The molecule has 0 heterocycles. The van der Waals surface area contributed by atoms with Crippen LogP contribution in [0.4, 0.5) is 0 Å². The van der Waals surface area contributed by atoms with Gasteiger partial charge < -0.3 is 4.74 Å². The molecule has 198 valence electrons. The molecule has 0 amide bonds. The Labute approximate surface area is 216 Å². The van der Waals surface area contributed by atoms with Gasteiger partial charge in [0.05, 0.1) is 0 Å². The molecule has 0 aromatic rings. The van der Waals surface area contributed by atoms with Gasteiger partial charge in [-0.1, -0.05) is 65.3 Å². The average molecular weight is 483 g/mol. The third-order valence-corrected chi connectivity index (χ3v) is 12.6. The van der Waals surface area contributed by atoms with Crippen molar-refractivity contribution in [2.75, 3.05) is 0 Å². The number of rotatable bonds is 7. The Hall–Kier alpha value is -1.05. The summed E-state index contributed by atoms with van der Waals surface area (Å²) in [4.78, 5) is 11.7. The number of fused-ring (bicyclic) bond motifs is 5.